The van der Waals surface area contributed by atoms with Gasteiger partial charge in [-0.3, -0.25) is 4.99 Å². The first-order chi connectivity index (χ1) is 12.9. The molecule has 0 aromatic heterocycles. The van der Waals surface area contributed by atoms with E-state index in [0.29, 0.717) is 25.5 Å². The van der Waals surface area contributed by atoms with Gasteiger partial charge in [0.05, 0.1) is 5.75 Å². The van der Waals surface area contributed by atoms with Crippen LogP contribution in [0.25, 0.3) is 0 Å². The lowest BCUT2D eigenvalue weighted by Gasteiger charge is -2.12. The molecule has 0 aliphatic heterocycles. The Morgan fingerprint density at radius 2 is 1.74 bits per heavy atom. The highest BCUT2D eigenvalue weighted by molar-refractivity contribution is 7.88. The van der Waals surface area contributed by atoms with Crippen LogP contribution in [0.4, 0.5) is 4.39 Å². The zero-order chi connectivity index (χ0) is 19.7. The molecule has 0 radical (unpaired) electrons. The number of sulfonamides is 1. The van der Waals surface area contributed by atoms with Crippen molar-refractivity contribution in [2.24, 2.45) is 4.99 Å². The SMILES string of the molecule is CN=C(NCCc1cccc(F)c1)NCc1ccc(CS(=O)(=O)NC)cc1. The lowest BCUT2D eigenvalue weighted by molar-refractivity contribution is 0.587. The maximum atomic E-state index is 13.2. The number of rotatable bonds is 8. The maximum Gasteiger partial charge on any atom is 0.215 e. The molecule has 6 nitrogen and oxygen atoms in total. The Bertz CT molecular complexity index is 868. The lowest BCUT2D eigenvalue weighted by atomic mass is 10.1. The normalized spacial score (nSPS) is 12.0. The first-order valence-electron chi connectivity index (χ1n) is 8.60. The molecule has 3 N–H and O–H groups in total. The molecule has 0 fully saturated rings. The minimum Gasteiger partial charge on any atom is -0.356 e. The number of nitrogens with zero attached hydrogens (tertiary/aromatic N) is 1. The van der Waals surface area contributed by atoms with Crippen LogP contribution >= 0.6 is 0 Å². The zero-order valence-corrected chi connectivity index (χ0v) is 16.3. The molecular formula is C19H25FN4O2S. The van der Waals surface area contributed by atoms with Gasteiger partial charge in [0.1, 0.15) is 5.82 Å². The zero-order valence-electron chi connectivity index (χ0n) is 15.5. The third-order valence-corrected chi connectivity index (χ3v) is 5.30. The van der Waals surface area contributed by atoms with Gasteiger partial charge < -0.3 is 10.6 Å². The van der Waals surface area contributed by atoms with Crippen LogP contribution in [0.5, 0.6) is 0 Å². The van der Waals surface area contributed by atoms with Crippen molar-refractivity contribution in [2.75, 3.05) is 20.6 Å². The lowest BCUT2D eigenvalue weighted by Crippen LogP contribution is -2.37. The highest BCUT2D eigenvalue weighted by atomic mass is 32.2. The fraction of sp³-hybridized carbons (Fsp3) is 0.316. The smallest absolute Gasteiger partial charge is 0.215 e. The molecule has 0 atom stereocenters. The minimum absolute atomic E-state index is 0.0412. The number of benzene rings is 2. The van der Waals surface area contributed by atoms with E-state index in [1.807, 2.05) is 18.2 Å². The average molecular weight is 393 g/mol. The molecule has 0 bridgehead atoms. The van der Waals surface area contributed by atoms with Gasteiger partial charge in [-0.1, -0.05) is 36.4 Å². The molecule has 0 aliphatic carbocycles. The Morgan fingerprint density at radius 1 is 1.04 bits per heavy atom. The number of hydrogen-bond acceptors (Lipinski definition) is 3. The molecule has 0 aliphatic rings. The van der Waals surface area contributed by atoms with Gasteiger partial charge in [-0.25, -0.2) is 17.5 Å². The van der Waals surface area contributed by atoms with Crippen molar-refractivity contribution in [3.05, 3.63) is 71.0 Å². The minimum atomic E-state index is -3.27. The molecule has 0 heterocycles. The average Bonchev–Trinajstić information content (AvgIpc) is 2.65. The van der Waals surface area contributed by atoms with E-state index < -0.39 is 10.0 Å². The van der Waals surface area contributed by atoms with Crippen molar-refractivity contribution in [1.29, 1.82) is 0 Å². The molecule has 8 heteroatoms. The third-order valence-electron chi connectivity index (χ3n) is 3.97. The van der Waals surface area contributed by atoms with E-state index in [2.05, 4.69) is 20.3 Å². The van der Waals surface area contributed by atoms with Crippen LogP contribution in [-0.2, 0) is 28.7 Å². The molecule has 0 amide bonds. The van der Waals surface area contributed by atoms with Gasteiger partial charge in [-0.05, 0) is 42.3 Å². The van der Waals surface area contributed by atoms with Crippen LogP contribution in [0.3, 0.4) is 0 Å². The van der Waals surface area contributed by atoms with Gasteiger partial charge in [0, 0.05) is 20.1 Å². The Labute approximate surface area is 160 Å². The van der Waals surface area contributed by atoms with E-state index in [0.717, 1.165) is 16.7 Å². The Balaban J connectivity index is 1.80. The molecule has 0 saturated carbocycles. The Hall–Kier alpha value is -2.45. The van der Waals surface area contributed by atoms with Crippen molar-refractivity contribution in [1.82, 2.24) is 15.4 Å². The van der Waals surface area contributed by atoms with Crippen molar-refractivity contribution >= 4 is 16.0 Å². The summed E-state index contributed by atoms with van der Waals surface area (Å²) in [6.45, 7) is 1.18. The molecule has 0 saturated heterocycles. The van der Waals surface area contributed by atoms with E-state index in [9.17, 15) is 12.8 Å². The van der Waals surface area contributed by atoms with Gasteiger partial charge in [0.15, 0.2) is 5.96 Å². The quantitative estimate of drug-likeness (QED) is 0.472. The monoisotopic (exact) mass is 392 g/mol. The number of aliphatic imine (C=N–C) groups is 1. The van der Waals surface area contributed by atoms with Crippen LogP contribution in [-0.4, -0.2) is 35.0 Å². The third kappa shape index (κ3) is 7.36. The van der Waals surface area contributed by atoms with Crippen molar-refractivity contribution in [3.63, 3.8) is 0 Å². The summed E-state index contributed by atoms with van der Waals surface area (Å²) in [4.78, 5) is 4.16. The molecule has 2 rings (SSSR count). The van der Waals surface area contributed by atoms with Gasteiger partial charge in [0.25, 0.3) is 0 Å². The van der Waals surface area contributed by atoms with Crippen molar-refractivity contribution in [2.45, 2.75) is 18.7 Å². The molecule has 0 unspecified atom stereocenters. The summed E-state index contributed by atoms with van der Waals surface area (Å²) >= 11 is 0. The number of nitrogens with one attached hydrogen (secondary N) is 3. The summed E-state index contributed by atoms with van der Waals surface area (Å²) in [5.41, 5.74) is 2.66. The summed E-state index contributed by atoms with van der Waals surface area (Å²) < 4.78 is 38.6. The van der Waals surface area contributed by atoms with Crippen LogP contribution in [0.1, 0.15) is 16.7 Å². The van der Waals surface area contributed by atoms with Gasteiger partial charge in [0.2, 0.25) is 10.0 Å². The first-order valence-corrected chi connectivity index (χ1v) is 10.2. The second-order valence-electron chi connectivity index (χ2n) is 6.01. The topological polar surface area (TPSA) is 82.6 Å². The first kappa shape index (κ1) is 20.9. The highest BCUT2D eigenvalue weighted by Gasteiger charge is 2.08. The predicted octanol–water partition coefficient (Wildman–Crippen LogP) is 1.78. The number of hydrogen-bond donors (Lipinski definition) is 3. The van der Waals surface area contributed by atoms with Crippen LogP contribution in [0, 0.1) is 5.82 Å². The van der Waals surface area contributed by atoms with Gasteiger partial charge in [-0.2, -0.15) is 0 Å². The Kier molecular flexibility index (Phi) is 7.75. The van der Waals surface area contributed by atoms with E-state index >= 15 is 0 Å². The second kappa shape index (κ2) is 10.0. The second-order valence-corrected chi connectivity index (χ2v) is 7.94. The summed E-state index contributed by atoms with van der Waals surface area (Å²) in [7, 11) is -0.182. The predicted molar refractivity (Wildman–Crippen MR) is 106 cm³/mol. The van der Waals surface area contributed by atoms with Crippen LogP contribution < -0.4 is 15.4 Å². The standard InChI is InChI=1S/C19H25FN4O2S/c1-21-19(23-11-10-15-4-3-5-18(20)12-15)24-13-16-6-8-17(9-7-16)14-27(25,26)22-2/h3-9,12,22H,10-11,13-14H2,1-2H3,(H2,21,23,24). The van der Waals surface area contributed by atoms with Crippen molar-refractivity contribution < 1.29 is 12.8 Å². The molecular weight excluding hydrogens is 367 g/mol. The van der Waals surface area contributed by atoms with E-state index in [4.69, 9.17) is 0 Å². The maximum absolute atomic E-state index is 13.2. The van der Waals surface area contributed by atoms with E-state index in [1.165, 1.54) is 19.2 Å². The highest BCUT2D eigenvalue weighted by Crippen LogP contribution is 2.08. The summed E-state index contributed by atoms with van der Waals surface area (Å²) in [5.74, 6) is 0.370. The fourth-order valence-electron chi connectivity index (χ4n) is 2.47. The number of halogens is 1. The molecule has 0 spiro atoms. The molecule has 2 aromatic carbocycles. The molecule has 146 valence electrons. The van der Waals surface area contributed by atoms with E-state index in [-0.39, 0.29) is 11.6 Å². The van der Waals surface area contributed by atoms with Gasteiger partial charge >= 0.3 is 0 Å². The summed E-state index contributed by atoms with van der Waals surface area (Å²) in [6, 6.07) is 13.9. The van der Waals surface area contributed by atoms with E-state index in [1.54, 1.807) is 25.2 Å². The molecule has 27 heavy (non-hydrogen) atoms. The fourth-order valence-corrected chi connectivity index (χ4v) is 3.24. The summed E-state index contributed by atoms with van der Waals surface area (Å²) in [5, 5.41) is 6.38. The summed E-state index contributed by atoms with van der Waals surface area (Å²) in [6.07, 6.45) is 0.688. The Morgan fingerprint density at radius 3 is 2.37 bits per heavy atom. The van der Waals surface area contributed by atoms with Crippen molar-refractivity contribution in [3.8, 4) is 0 Å². The largest absolute Gasteiger partial charge is 0.356 e. The van der Waals surface area contributed by atoms with Crippen LogP contribution in [0.2, 0.25) is 0 Å². The van der Waals surface area contributed by atoms with Gasteiger partial charge in [-0.15, -0.1) is 0 Å². The molecule has 2 aromatic rings. The van der Waals surface area contributed by atoms with Crippen LogP contribution in [0.15, 0.2) is 53.5 Å². The number of guanidine groups is 1.